The van der Waals surface area contributed by atoms with E-state index >= 15 is 0 Å². The number of carbonyl (C=O) groups excluding carboxylic acids is 3. The number of nitrogens with one attached hydrogen (secondary N) is 3. The molecule has 0 unspecified atom stereocenters. The van der Waals surface area contributed by atoms with Crippen LogP contribution in [0.5, 0.6) is 0 Å². The molecule has 0 saturated carbocycles. The van der Waals surface area contributed by atoms with Crippen molar-refractivity contribution >= 4 is 58.5 Å². The SMILES string of the molecule is Cc1ccc(NC(=O)CSc2cccc(NC(=O)/C(=C/c3cccnc3)NC(=O)c3ccccc3)c2)cc1Cl. The van der Waals surface area contributed by atoms with Crippen LogP contribution in [-0.2, 0) is 9.59 Å². The highest BCUT2D eigenvalue weighted by atomic mass is 35.5. The van der Waals surface area contributed by atoms with Gasteiger partial charge in [-0.05, 0) is 72.7 Å². The van der Waals surface area contributed by atoms with Gasteiger partial charge in [0.05, 0.1) is 5.75 Å². The lowest BCUT2D eigenvalue weighted by molar-refractivity contribution is -0.114. The van der Waals surface area contributed by atoms with Gasteiger partial charge in [-0.2, -0.15) is 0 Å². The minimum absolute atomic E-state index is 0.0612. The Bertz CT molecular complexity index is 1510. The number of halogens is 1. The Morgan fingerprint density at radius 2 is 1.69 bits per heavy atom. The predicted octanol–water partition coefficient (Wildman–Crippen LogP) is 6.18. The zero-order valence-corrected chi connectivity index (χ0v) is 22.6. The third-order valence-corrected chi connectivity index (χ3v) is 6.84. The molecule has 3 aromatic carbocycles. The second-order valence-electron chi connectivity index (χ2n) is 8.45. The van der Waals surface area contributed by atoms with E-state index in [4.69, 9.17) is 11.6 Å². The molecular formula is C30H25ClN4O3S. The summed E-state index contributed by atoms with van der Waals surface area (Å²) in [4.78, 5) is 43.3. The number of pyridine rings is 1. The van der Waals surface area contributed by atoms with E-state index in [-0.39, 0.29) is 17.4 Å². The van der Waals surface area contributed by atoms with Crippen LogP contribution in [0.25, 0.3) is 6.08 Å². The molecule has 0 aliphatic heterocycles. The number of nitrogens with zero attached hydrogens (tertiary/aromatic N) is 1. The van der Waals surface area contributed by atoms with Crippen LogP contribution >= 0.6 is 23.4 Å². The summed E-state index contributed by atoms with van der Waals surface area (Å²) < 4.78 is 0. The maximum absolute atomic E-state index is 13.2. The first-order chi connectivity index (χ1) is 18.9. The fourth-order valence-electron chi connectivity index (χ4n) is 3.45. The standard InChI is InChI=1S/C30H25ClN4O3S/c1-20-12-13-24(17-26(20)31)33-28(36)19-39-25-11-5-10-23(16-25)34-30(38)27(15-21-7-6-14-32-18-21)35-29(37)22-8-3-2-4-9-22/h2-18H,19H2,1H3,(H,33,36)(H,34,38)(H,35,37)/b27-15-. The van der Waals surface area contributed by atoms with E-state index in [0.29, 0.717) is 27.5 Å². The first-order valence-electron chi connectivity index (χ1n) is 12.0. The quantitative estimate of drug-likeness (QED) is 0.169. The topological polar surface area (TPSA) is 100 Å². The molecule has 3 N–H and O–H groups in total. The van der Waals surface area contributed by atoms with E-state index in [2.05, 4.69) is 20.9 Å². The van der Waals surface area contributed by atoms with E-state index in [9.17, 15) is 14.4 Å². The lowest BCUT2D eigenvalue weighted by Crippen LogP contribution is -2.30. The molecule has 0 spiro atoms. The molecule has 7 nitrogen and oxygen atoms in total. The average molecular weight is 557 g/mol. The number of hydrogen-bond donors (Lipinski definition) is 3. The van der Waals surface area contributed by atoms with Crippen LogP contribution in [0.3, 0.4) is 0 Å². The Kier molecular flexibility index (Phi) is 9.50. The normalized spacial score (nSPS) is 11.0. The van der Waals surface area contributed by atoms with Crippen molar-refractivity contribution in [2.75, 3.05) is 16.4 Å². The number of rotatable bonds is 9. The molecule has 1 heterocycles. The van der Waals surface area contributed by atoms with E-state index < -0.39 is 11.8 Å². The summed E-state index contributed by atoms with van der Waals surface area (Å²) in [5, 5.41) is 8.94. The predicted molar refractivity (Wildman–Crippen MR) is 157 cm³/mol. The Morgan fingerprint density at radius 3 is 2.44 bits per heavy atom. The molecule has 0 saturated heterocycles. The van der Waals surface area contributed by atoms with Crippen LogP contribution in [0.4, 0.5) is 11.4 Å². The molecule has 1 aromatic heterocycles. The van der Waals surface area contributed by atoms with Crippen molar-refractivity contribution in [1.82, 2.24) is 10.3 Å². The first-order valence-corrected chi connectivity index (χ1v) is 13.3. The number of hydrogen-bond acceptors (Lipinski definition) is 5. The van der Waals surface area contributed by atoms with Gasteiger partial charge in [-0.25, -0.2) is 0 Å². The third kappa shape index (κ3) is 8.29. The van der Waals surface area contributed by atoms with Gasteiger partial charge >= 0.3 is 0 Å². The van der Waals surface area contributed by atoms with Crippen LogP contribution in [0.15, 0.2) is 108 Å². The Morgan fingerprint density at radius 1 is 0.897 bits per heavy atom. The maximum atomic E-state index is 13.2. The largest absolute Gasteiger partial charge is 0.325 e. The molecule has 0 radical (unpaired) electrons. The van der Waals surface area contributed by atoms with Crippen molar-refractivity contribution in [2.24, 2.45) is 0 Å². The van der Waals surface area contributed by atoms with Gasteiger partial charge < -0.3 is 16.0 Å². The fourth-order valence-corrected chi connectivity index (χ4v) is 4.38. The van der Waals surface area contributed by atoms with Crippen molar-refractivity contribution in [3.8, 4) is 0 Å². The number of aryl methyl sites for hydroxylation is 1. The lowest BCUT2D eigenvalue weighted by Gasteiger charge is -2.12. The molecular weight excluding hydrogens is 532 g/mol. The zero-order chi connectivity index (χ0) is 27.6. The number of thioether (sulfide) groups is 1. The lowest BCUT2D eigenvalue weighted by atomic mass is 10.2. The van der Waals surface area contributed by atoms with Crippen LogP contribution in [0.2, 0.25) is 5.02 Å². The smallest absolute Gasteiger partial charge is 0.272 e. The molecule has 3 amide bonds. The molecule has 0 bridgehead atoms. The van der Waals surface area contributed by atoms with Crippen molar-refractivity contribution in [1.29, 1.82) is 0 Å². The first kappa shape index (κ1) is 27.6. The maximum Gasteiger partial charge on any atom is 0.272 e. The number of aromatic nitrogens is 1. The Hall–Kier alpha value is -4.40. The molecule has 9 heteroatoms. The van der Waals surface area contributed by atoms with E-state index in [1.807, 2.05) is 25.1 Å². The van der Waals surface area contributed by atoms with Gasteiger partial charge in [0.15, 0.2) is 0 Å². The summed E-state index contributed by atoms with van der Waals surface area (Å²) in [6.07, 6.45) is 4.78. The summed E-state index contributed by atoms with van der Waals surface area (Å²) >= 11 is 7.46. The molecule has 0 fully saturated rings. The van der Waals surface area contributed by atoms with Gasteiger partial charge in [0, 0.05) is 39.3 Å². The summed E-state index contributed by atoms with van der Waals surface area (Å²) in [7, 11) is 0. The van der Waals surface area contributed by atoms with E-state index in [0.717, 1.165) is 10.5 Å². The number of anilines is 2. The van der Waals surface area contributed by atoms with Gasteiger partial charge in [-0.15, -0.1) is 11.8 Å². The monoisotopic (exact) mass is 556 g/mol. The van der Waals surface area contributed by atoms with Crippen molar-refractivity contribution < 1.29 is 14.4 Å². The van der Waals surface area contributed by atoms with Crippen LogP contribution in [0, 0.1) is 6.92 Å². The summed E-state index contributed by atoms with van der Waals surface area (Å²) in [5.74, 6) is -0.924. The molecule has 0 aliphatic rings. The second-order valence-corrected chi connectivity index (χ2v) is 9.90. The number of benzene rings is 3. The highest BCUT2D eigenvalue weighted by molar-refractivity contribution is 8.00. The highest BCUT2D eigenvalue weighted by Gasteiger charge is 2.15. The number of carbonyl (C=O) groups is 3. The van der Waals surface area contributed by atoms with Crippen molar-refractivity contribution in [3.05, 3.63) is 125 Å². The van der Waals surface area contributed by atoms with Gasteiger partial charge in [0.1, 0.15) is 5.70 Å². The van der Waals surface area contributed by atoms with Gasteiger partial charge in [0.25, 0.3) is 11.8 Å². The summed E-state index contributed by atoms with van der Waals surface area (Å²) in [5.41, 5.74) is 3.21. The highest BCUT2D eigenvalue weighted by Crippen LogP contribution is 2.24. The van der Waals surface area contributed by atoms with Crippen molar-refractivity contribution in [3.63, 3.8) is 0 Å². The summed E-state index contributed by atoms with van der Waals surface area (Å²) in [6.45, 7) is 1.89. The van der Waals surface area contributed by atoms with Gasteiger partial charge in [-0.1, -0.05) is 48.0 Å². The molecule has 4 aromatic rings. The van der Waals surface area contributed by atoms with Gasteiger partial charge in [0.2, 0.25) is 5.91 Å². The summed E-state index contributed by atoms with van der Waals surface area (Å²) in [6, 6.07) is 24.6. The number of amides is 3. The van der Waals surface area contributed by atoms with Gasteiger partial charge in [-0.3, -0.25) is 19.4 Å². The Balaban J connectivity index is 1.42. The molecule has 196 valence electrons. The fraction of sp³-hybridized carbons (Fsp3) is 0.0667. The minimum Gasteiger partial charge on any atom is -0.325 e. The van der Waals surface area contributed by atoms with E-state index in [1.54, 1.807) is 85.2 Å². The minimum atomic E-state index is -0.501. The molecule has 39 heavy (non-hydrogen) atoms. The van der Waals surface area contributed by atoms with E-state index in [1.165, 1.54) is 11.8 Å². The zero-order valence-electron chi connectivity index (χ0n) is 21.0. The molecule has 0 atom stereocenters. The van der Waals surface area contributed by atoms with Crippen LogP contribution < -0.4 is 16.0 Å². The third-order valence-electron chi connectivity index (χ3n) is 5.44. The molecule has 4 rings (SSSR count). The Labute approximate surface area is 235 Å². The van der Waals surface area contributed by atoms with Crippen molar-refractivity contribution in [2.45, 2.75) is 11.8 Å². The average Bonchev–Trinajstić information content (AvgIpc) is 2.95. The van der Waals surface area contributed by atoms with Crippen LogP contribution in [0.1, 0.15) is 21.5 Å². The second kappa shape index (κ2) is 13.4. The van der Waals surface area contributed by atoms with Crippen LogP contribution in [-0.4, -0.2) is 28.5 Å². The molecule has 0 aliphatic carbocycles.